The fraction of sp³-hybridized carbons (Fsp3) is 0.258. The number of hydrogen-bond acceptors (Lipinski definition) is 7. The quantitative estimate of drug-likeness (QED) is 0.244. The Morgan fingerprint density at radius 3 is 2.45 bits per heavy atom. The van der Waals surface area contributed by atoms with E-state index in [1.807, 2.05) is 35.2 Å². The van der Waals surface area contributed by atoms with E-state index in [4.69, 9.17) is 4.74 Å². The van der Waals surface area contributed by atoms with E-state index in [2.05, 4.69) is 9.88 Å². The molecule has 4 aromatic rings. The van der Waals surface area contributed by atoms with Crippen molar-refractivity contribution in [3.8, 4) is 5.75 Å². The topological polar surface area (TPSA) is 96.9 Å². The summed E-state index contributed by atoms with van der Waals surface area (Å²) in [6.45, 7) is 4.89. The van der Waals surface area contributed by atoms with Gasteiger partial charge in [-0.05, 0) is 53.9 Å². The molecule has 9 heteroatoms. The molecule has 1 saturated heterocycles. The van der Waals surface area contributed by atoms with E-state index in [1.54, 1.807) is 54.7 Å². The van der Waals surface area contributed by atoms with E-state index in [0.717, 1.165) is 30.5 Å². The third-order valence-corrected chi connectivity index (χ3v) is 8.64. The average molecular weight is 558 g/mol. The highest BCUT2D eigenvalue weighted by Crippen LogP contribution is 2.24. The number of benzene rings is 3. The van der Waals surface area contributed by atoms with Crippen molar-refractivity contribution in [2.45, 2.75) is 30.5 Å². The Kier molecular flexibility index (Phi) is 8.23. The lowest BCUT2D eigenvalue weighted by molar-refractivity contribution is -0.131. The number of sulfone groups is 1. The SMILES string of the molecule is CC(=O)Oc1cccc(CN2CCCN(C(=O)c3ccc(CS(=O)(=O)c4cccc5cccnc45)cc3)CC2)c1. The number of fused-ring (bicyclic) bond motifs is 1. The van der Waals surface area contributed by atoms with Crippen LogP contribution >= 0.6 is 0 Å². The standard InChI is InChI=1S/C31H31N3O5S/c1-23(35)39-28-9-2-6-25(20-28)21-33-16-5-17-34(19-18-33)31(36)27-13-11-24(12-14-27)22-40(37,38)29-10-3-7-26-8-4-15-32-30(26)29/h2-4,6-15,20H,5,16-19,21-22H2,1H3. The van der Waals surface area contributed by atoms with Gasteiger partial charge in [0.2, 0.25) is 0 Å². The second-order valence-corrected chi connectivity index (χ2v) is 11.9. The molecule has 1 aromatic heterocycles. The summed E-state index contributed by atoms with van der Waals surface area (Å²) in [5.41, 5.74) is 2.66. The number of esters is 1. The zero-order valence-corrected chi connectivity index (χ0v) is 23.1. The summed E-state index contributed by atoms with van der Waals surface area (Å²) in [5, 5.41) is 0.774. The van der Waals surface area contributed by atoms with Gasteiger partial charge in [-0.1, -0.05) is 42.5 Å². The Balaban J connectivity index is 1.21. The first-order valence-electron chi connectivity index (χ1n) is 13.2. The molecule has 0 radical (unpaired) electrons. The number of hydrogen-bond donors (Lipinski definition) is 0. The number of rotatable bonds is 7. The first-order chi connectivity index (χ1) is 19.3. The van der Waals surface area contributed by atoms with Crippen molar-refractivity contribution in [1.29, 1.82) is 0 Å². The Morgan fingerprint density at radius 2 is 1.65 bits per heavy atom. The van der Waals surface area contributed by atoms with Gasteiger partial charge >= 0.3 is 5.97 Å². The van der Waals surface area contributed by atoms with Gasteiger partial charge in [0, 0.05) is 56.8 Å². The van der Waals surface area contributed by atoms with E-state index in [1.165, 1.54) is 6.92 Å². The molecule has 5 rings (SSSR count). The van der Waals surface area contributed by atoms with E-state index >= 15 is 0 Å². The number of carbonyl (C=O) groups excluding carboxylic acids is 2. The van der Waals surface area contributed by atoms with Gasteiger partial charge in [0.15, 0.2) is 9.84 Å². The highest BCUT2D eigenvalue weighted by Gasteiger charge is 2.22. The lowest BCUT2D eigenvalue weighted by atomic mass is 10.1. The van der Waals surface area contributed by atoms with Crippen LogP contribution in [0.2, 0.25) is 0 Å². The molecule has 0 unspecified atom stereocenters. The summed E-state index contributed by atoms with van der Waals surface area (Å²) in [6.07, 6.45) is 2.43. The number of nitrogens with zero attached hydrogens (tertiary/aromatic N) is 3. The molecule has 206 valence electrons. The van der Waals surface area contributed by atoms with E-state index in [-0.39, 0.29) is 22.5 Å². The fourth-order valence-corrected chi connectivity index (χ4v) is 6.55. The van der Waals surface area contributed by atoms with Gasteiger partial charge in [-0.2, -0.15) is 0 Å². The number of aromatic nitrogens is 1. The molecule has 0 saturated carbocycles. The molecule has 1 amide bonds. The molecular weight excluding hydrogens is 526 g/mol. The minimum atomic E-state index is -3.63. The summed E-state index contributed by atoms with van der Waals surface area (Å²) in [5.74, 6) is -0.0556. The van der Waals surface area contributed by atoms with Crippen molar-refractivity contribution >= 4 is 32.6 Å². The second kappa shape index (κ2) is 12.0. The van der Waals surface area contributed by atoms with Crippen molar-refractivity contribution in [2.75, 3.05) is 26.2 Å². The number of ether oxygens (including phenoxy) is 1. The van der Waals surface area contributed by atoms with E-state index in [9.17, 15) is 18.0 Å². The largest absolute Gasteiger partial charge is 0.427 e. The molecule has 0 aliphatic carbocycles. The molecule has 0 spiro atoms. The molecule has 0 atom stereocenters. The minimum absolute atomic E-state index is 0.0635. The van der Waals surface area contributed by atoms with Gasteiger partial charge in [-0.15, -0.1) is 0 Å². The molecule has 2 heterocycles. The van der Waals surface area contributed by atoms with E-state index < -0.39 is 9.84 Å². The zero-order valence-electron chi connectivity index (χ0n) is 22.3. The molecule has 0 N–H and O–H groups in total. The van der Waals surface area contributed by atoms with Crippen LogP contribution in [0.25, 0.3) is 10.9 Å². The molecule has 0 bridgehead atoms. The number of carbonyl (C=O) groups is 2. The predicted octanol–water partition coefficient (Wildman–Crippen LogP) is 4.48. The van der Waals surface area contributed by atoms with Crippen molar-refractivity contribution in [3.05, 3.63) is 102 Å². The Hall–Kier alpha value is -4.08. The first kappa shape index (κ1) is 27.5. The maximum absolute atomic E-state index is 13.3. The van der Waals surface area contributed by atoms with Crippen LogP contribution < -0.4 is 4.74 Å². The zero-order chi connectivity index (χ0) is 28.1. The lowest BCUT2D eigenvalue weighted by Crippen LogP contribution is -2.35. The van der Waals surface area contributed by atoms with Gasteiger partial charge in [0.1, 0.15) is 5.75 Å². The summed E-state index contributed by atoms with van der Waals surface area (Å²) < 4.78 is 31.6. The van der Waals surface area contributed by atoms with Gasteiger partial charge in [0.05, 0.1) is 16.2 Å². The Labute approximate surface area is 234 Å². The van der Waals surface area contributed by atoms with Crippen LogP contribution in [0.1, 0.15) is 34.8 Å². The van der Waals surface area contributed by atoms with Crippen molar-refractivity contribution < 1.29 is 22.7 Å². The van der Waals surface area contributed by atoms with Crippen LogP contribution in [0.4, 0.5) is 0 Å². The van der Waals surface area contributed by atoms with Crippen LogP contribution in [0, 0.1) is 0 Å². The summed E-state index contributed by atoms with van der Waals surface area (Å²) in [7, 11) is -3.63. The molecule has 1 fully saturated rings. The maximum atomic E-state index is 13.3. The number of pyridine rings is 1. The molecule has 1 aliphatic heterocycles. The van der Waals surface area contributed by atoms with Crippen LogP contribution in [0.3, 0.4) is 0 Å². The monoisotopic (exact) mass is 557 g/mol. The van der Waals surface area contributed by atoms with Crippen LogP contribution in [-0.2, 0) is 26.9 Å². The summed E-state index contributed by atoms with van der Waals surface area (Å²) in [4.78, 5) is 33.1. The lowest BCUT2D eigenvalue weighted by Gasteiger charge is -2.22. The smallest absolute Gasteiger partial charge is 0.308 e. The molecule has 40 heavy (non-hydrogen) atoms. The maximum Gasteiger partial charge on any atom is 0.308 e. The minimum Gasteiger partial charge on any atom is -0.427 e. The highest BCUT2D eigenvalue weighted by atomic mass is 32.2. The van der Waals surface area contributed by atoms with Crippen molar-refractivity contribution in [3.63, 3.8) is 0 Å². The van der Waals surface area contributed by atoms with Gasteiger partial charge < -0.3 is 9.64 Å². The van der Waals surface area contributed by atoms with Gasteiger partial charge in [-0.3, -0.25) is 19.5 Å². The highest BCUT2D eigenvalue weighted by molar-refractivity contribution is 7.90. The summed E-state index contributed by atoms with van der Waals surface area (Å²) >= 11 is 0. The molecule has 3 aromatic carbocycles. The predicted molar refractivity (Wildman–Crippen MR) is 153 cm³/mol. The normalized spacial score (nSPS) is 14.6. The Morgan fingerprint density at radius 1 is 0.875 bits per heavy atom. The molecular formula is C31H31N3O5S. The molecule has 1 aliphatic rings. The second-order valence-electron chi connectivity index (χ2n) is 9.95. The summed E-state index contributed by atoms with van der Waals surface area (Å²) in [6, 6.07) is 23.1. The van der Waals surface area contributed by atoms with Crippen LogP contribution in [-0.4, -0.2) is 61.3 Å². The Bertz CT molecular complexity index is 1630. The van der Waals surface area contributed by atoms with Gasteiger partial charge in [-0.25, -0.2) is 8.42 Å². The van der Waals surface area contributed by atoms with Crippen LogP contribution in [0.15, 0.2) is 90.0 Å². The van der Waals surface area contributed by atoms with Gasteiger partial charge in [0.25, 0.3) is 5.91 Å². The van der Waals surface area contributed by atoms with Crippen molar-refractivity contribution in [2.24, 2.45) is 0 Å². The van der Waals surface area contributed by atoms with E-state index in [0.29, 0.717) is 42.0 Å². The fourth-order valence-electron chi connectivity index (χ4n) is 5.01. The number of amides is 1. The third-order valence-electron chi connectivity index (χ3n) is 6.93. The van der Waals surface area contributed by atoms with Crippen LogP contribution in [0.5, 0.6) is 5.75 Å². The third kappa shape index (κ3) is 6.55. The first-order valence-corrected chi connectivity index (χ1v) is 14.9. The van der Waals surface area contributed by atoms with Crippen molar-refractivity contribution in [1.82, 2.24) is 14.8 Å². The number of para-hydroxylation sites is 1. The average Bonchev–Trinajstić information content (AvgIpc) is 3.18. The molecule has 8 nitrogen and oxygen atoms in total.